The molecule has 1 atom stereocenters. The molecule has 50 heavy (non-hydrogen) atoms. The molecule has 260 valence electrons. The Morgan fingerprint density at radius 2 is 1.50 bits per heavy atom. The average molecular weight is 675 g/mol. The maximum absolute atomic E-state index is 14.4. The van der Waals surface area contributed by atoms with Crippen LogP contribution in [0, 0.1) is 5.41 Å². The zero-order valence-corrected chi connectivity index (χ0v) is 29.7. The van der Waals surface area contributed by atoms with Gasteiger partial charge in [-0.15, -0.1) is 0 Å². The van der Waals surface area contributed by atoms with Crippen LogP contribution in [0.5, 0.6) is 17.2 Å². The highest BCUT2D eigenvalue weighted by atomic mass is 16.5. The Bertz CT molecular complexity index is 1890. The maximum atomic E-state index is 14.4. The zero-order chi connectivity index (χ0) is 35.7. The van der Waals surface area contributed by atoms with Gasteiger partial charge in [0.1, 0.15) is 29.9 Å². The van der Waals surface area contributed by atoms with Crippen molar-refractivity contribution in [2.75, 3.05) is 41.4 Å². The third-order valence-corrected chi connectivity index (χ3v) is 8.33. The van der Waals surface area contributed by atoms with Crippen LogP contribution in [0.4, 0.5) is 0 Å². The first-order valence-electron chi connectivity index (χ1n) is 16.7. The summed E-state index contributed by atoms with van der Waals surface area (Å²) in [6.07, 6.45) is 0.268. The molecule has 1 aromatic heterocycles. The number of carbonyl (C=O) groups is 2. The molecule has 0 radical (unpaired) electrons. The lowest BCUT2D eigenvalue weighted by atomic mass is 9.92. The van der Waals surface area contributed by atoms with Gasteiger partial charge in [0.25, 0.3) is 5.91 Å². The first-order valence-corrected chi connectivity index (χ1v) is 16.7. The van der Waals surface area contributed by atoms with Crippen LogP contribution >= 0.6 is 0 Å². The highest BCUT2D eigenvalue weighted by Crippen LogP contribution is 2.35. The number of nitrogens with zero attached hydrogens (tertiary/aromatic N) is 2. The van der Waals surface area contributed by atoms with Crippen molar-refractivity contribution in [3.05, 3.63) is 120 Å². The quantitative estimate of drug-likeness (QED) is 0.130. The van der Waals surface area contributed by atoms with Crippen molar-refractivity contribution >= 4 is 22.7 Å². The first-order chi connectivity index (χ1) is 24.0. The summed E-state index contributed by atoms with van der Waals surface area (Å²) >= 11 is 0. The van der Waals surface area contributed by atoms with Crippen LogP contribution < -0.4 is 24.8 Å². The zero-order valence-electron chi connectivity index (χ0n) is 29.7. The van der Waals surface area contributed by atoms with Gasteiger partial charge in [-0.2, -0.15) is 0 Å². The Morgan fingerprint density at radius 1 is 0.820 bits per heavy atom. The fourth-order valence-corrected chi connectivity index (χ4v) is 6.03. The van der Waals surface area contributed by atoms with Crippen molar-refractivity contribution in [3.63, 3.8) is 0 Å². The van der Waals surface area contributed by atoms with Crippen molar-refractivity contribution < 1.29 is 23.8 Å². The molecular weight excluding hydrogens is 628 g/mol. The fraction of sp³-hybridized carbons (Fsp3) is 0.293. The molecule has 0 spiro atoms. The van der Waals surface area contributed by atoms with Crippen LogP contribution in [0.2, 0.25) is 0 Å². The normalized spacial score (nSPS) is 12.0. The highest BCUT2D eigenvalue weighted by Gasteiger charge is 2.27. The number of carbonyl (C=O) groups excluding carboxylic acids is 2. The van der Waals surface area contributed by atoms with Crippen molar-refractivity contribution in [1.82, 2.24) is 20.5 Å². The molecule has 9 nitrogen and oxygen atoms in total. The number of aromatic nitrogens is 1. The van der Waals surface area contributed by atoms with E-state index in [1.165, 1.54) is 0 Å². The minimum Gasteiger partial charge on any atom is -0.497 e. The van der Waals surface area contributed by atoms with Crippen LogP contribution in [0.25, 0.3) is 22.2 Å². The van der Waals surface area contributed by atoms with E-state index >= 15 is 0 Å². The van der Waals surface area contributed by atoms with E-state index in [4.69, 9.17) is 19.2 Å². The highest BCUT2D eigenvalue weighted by molar-refractivity contribution is 6.10. The van der Waals surface area contributed by atoms with Gasteiger partial charge < -0.3 is 29.7 Å². The number of fused-ring (bicyclic) bond motifs is 1. The lowest BCUT2D eigenvalue weighted by Crippen LogP contribution is -2.50. The Labute approximate surface area is 294 Å². The van der Waals surface area contributed by atoms with Gasteiger partial charge in [0.15, 0.2) is 0 Å². The molecule has 5 aromatic rings. The van der Waals surface area contributed by atoms with E-state index in [1.54, 1.807) is 32.4 Å². The lowest BCUT2D eigenvalue weighted by molar-refractivity contribution is -0.123. The smallest absolute Gasteiger partial charge is 0.252 e. The summed E-state index contributed by atoms with van der Waals surface area (Å²) in [6.45, 7) is 5.87. The predicted molar refractivity (Wildman–Crippen MR) is 198 cm³/mol. The summed E-state index contributed by atoms with van der Waals surface area (Å²) in [4.78, 5) is 35.2. The molecule has 0 aliphatic heterocycles. The average Bonchev–Trinajstić information content (AvgIpc) is 3.12. The Kier molecular flexibility index (Phi) is 11.7. The molecule has 0 saturated carbocycles. The van der Waals surface area contributed by atoms with Gasteiger partial charge in [-0.25, -0.2) is 4.98 Å². The second-order valence-corrected chi connectivity index (χ2v) is 13.4. The number of methoxy groups -OCH3 is 2. The van der Waals surface area contributed by atoms with Gasteiger partial charge in [-0.3, -0.25) is 9.59 Å². The van der Waals surface area contributed by atoms with Crippen molar-refractivity contribution in [1.29, 1.82) is 0 Å². The van der Waals surface area contributed by atoms with Gasteiger partial charge in [-0.1, -0.05) is 86.6 Å². The Morgan fingerprint density at radius 3 is 2.14 bits per heavy atom. The number of nitrogens with one attached hydrogen (secondary N) is 2. The number of benzene rings is 4. The molecule has 4 aromatic carbocycles. The first kappa shape index (κ1) is 35.9. The molecule has 1 unspecified atom stereocenters. The lowest BCUT2D eigenvalue weighted by Gasteiger charge is -2.29. The molecule has 0 saturated heterocycles. The van der Waals surface area contributed by atoms with Gasteiger partial charge >= 0.3 is 0 Å². The summed E-state index contributed by atoms with van der Waals surface area (Å²) in [5.41, 5.74) is 4.07. The molecule has 2 amide bonds. The fourth-order valence-electron chi connectivity index (χ4n) is 6.03. The van der Waals surface area contributed by atoms with Crippen molar-refractivity contribution in [2.45, 2.75) is 32.9 Å². The molecule has 0 aliphatic rings. The second-order valence-electron chi connectivity index (χ2n) is 13.4. The molecule has 2 N–H and O–H groups in total. The Hall–Kier alpha value is -5.41. The van der Waals surface area contributed by atoms with Crippen molar-refractivity contribution in [3.8, 4) is 28.5 Å². The van der Waals surface area contributed by atoms with E-state index < -0.39 is 11.9 Å². The van der Waals surface area contributed by atoms with Crippen LogP contribution in [-0.4, -0.2) is 69.1 Å². The number of ether oxygens (including phenoxy) is 3. The summed E-state index contributed by atoms with van der Waals surface area (Å²) in [7, 11) is 7.12. The number of hydrogen-bond donors (Lipinski definition) is 2. The van der Waals surface area contributed by atoms with Gasteiger partial charge in [-0.05, 0) is 48.8 Å². The molecule has 5 rings (SSSR count). The van der Waals surface area contributed by atoms with E-state index in [2.05, 4.69) is 29.4 Å². The molecule has 0 fully saturated rings. The Balaban J connectivity index is 1.46. The van der Waals surface area contributed by atoms with E-state index in [-0.39, 0.29) is 17.7 Å². The second kappa shape index (κ2) is 16.3. The number of pyridine rings is 1. The topological polar surface area (TPSA) is 102 Å². The number of rotatable bonds is 15. The molecular formula is C41H46N4O5. The van der Waals surface area contributed by atoms with E-state index in [0.717, 1.165) is 23.2 Å². The minimum absolute atomic E-state index is 0.191. The van der Waals surface area contributed by atoms with Gasteiger partial charge in [0, 0.05) is 37.2 Å². The summed E-state index contributed by atoms with van der Waals surface area (Å²) in [5, 5.41) is 6.70. The van der Waals surface area contributed by atoms with Crippen LogP contribution in [0.3, 0.4) is 0 Å². The number of amides is 2. The van der Waals surface area contributed by atoms with Gasteiger partial charge in [0.05, 0.1) is 36.4 Å². The molecule has 1 heterocycles. The van der Waals surface area contributed by atoms with Gasteiger partial charge in [0.2, 0.25) is 5.91 Å². The van der Waals surface area contributed by atoms with Crippen LogP contribution in [0.15, 0.2) is 103 Å². The monoisotopic (exact) mass is 674 g/mol. The summed E-state index contributed by atoms with van der Waals surface area (Å²) in [6, 6.07) is 31.6. The summed E-state index contributed by atoms with van der Waals surface area (Å²) in [5.74, 6) is 1.01. The largest absolute Gasteiger partial charge is 0.497 e. The molecule has 0 bridgehead atoms. The molecule has 9 heteroatoms. The molecule has 0 aliphatic carbocycles. The third kappa shape index (κ3) is 9.39. The van der Waals surface area contributed by atoms with E-state index in [9.17, 15) is 9.59 Å². The standard InChI is InChI=1S/C41H46N4O5/c1-41(2,27-45(3)4)26-42-40(47)36(21-28-17-19-31(20-18-28)50-25-29-13-9-7-10-14-29)44-39(46)33-24-34(30-15-11-8-12-16-30)43-35-22-32(48-5)23-37(49-6)38(33)35/h7-20,22-24,36H,21,25-27H2,1-6H3,(H,42,47)(H,44,46). The number of hydrogen-bond acceptors (Lipinski definition) is 7. The SMILES string of the molecule is COc1cc(OC)c2c(C(=O)NC(Cc3ccc(OCc4ccccc4)cc3)C(=O)NCC(C)(C)CN(C)C)cc(-c3ccccc3)nc2c1. The third-order valence-electron chi connectivity index (χ3n) is 8.33. The van der Waals surface area contributed by atoms with E-state index in [0.29, 0.717) is 52.6 Å². The minimum atomic E-state index is -0.874. The summed E-state index contributed by atoms with van der Waals surface area (Å²) < 4.78 is 17.2. The maximum Gasteiger partial charge on any atom is 0.252 e. The van der Waals surface area contributed by atoms with Crippen LogP contribution in [0.1, 0.15) is 35.3 Å². The van der Waals surface area contributed by atoms with Crippen molar-refractivity contribution in [2.24, 2.45) is 5.41 Å². The predicted octanol–water partition coefficient (Wildman–Crippen LogP) is 6.54. The van der Waals surface area contributed by atoms with E-state index in [1.807, 2.05) is 99.0 Å². The van der Waals surface area contributed by atoms with Crippen LogP contribution in [-0.2, 0) is 17.8 Å².